The fourth-order valence-corrected chi connectivity index (χ4v) is 5.52. The molecule has 4 bridgehead atoms. The lowest BCUT2D eigenvalue weighted by Gasteiger charge is -2.35. The number of aryl methyl sites for hydroxylation is 1. The zero-order chi connectivity index (χ0) is 27.5. The van der Waals surface area contributed by atoms with Crippen molar-refractivity contribution in [2.24, 2.45) is 5.41 Å². The fraction of sp³-hybridized carbons (Fsp3) is 0.500. The Labute approximate surface area is 224 Å². The van der Waals surface area contributed by atoms with Crippen molar-refractivity contribution in [3.05, 3.63) is 59.7 Å². The van der Waals surface area contributed by atoms with Crippen LogP contribution in [0.4, 0.5) is 4.79 Å². The highest BCUT2D eigenvalue weighted by Crippen LogP contribution is 2.42. The Bertz CT molecular complexity index is 1180. The van der Waals surface area contributed by atoms with Gasteiger partial charge in [-0.1, -0.05) is 69.3 Å². The van der Waals surface area contributed by atoms with Gasteiger partial charge >= 0.3 is 12.1 Å². The van der Waals surface area contributed by atoms with E-state index in [0.29, 0.717) is 6.42 Å². The van der Waals surface area contributed by atoms with Gasteiger partial charge in [0.15, 0.2) is 0 Å². The number of hydrogen-bond donors (Lipinski definition) is 2. The molecule has 0 aromatic heterocycles. The smallest absolute Gasteiger partial charge is 0.407 e. The Hall–Kier alpha value is -3.39. The first-order valence-electron chi connectivity index (χ1n) is 13.3. The Morgan fingerprint density at radius 3 is 2.50 bits per heavy atom. The molecular weight excluding hydrogens is 484 g/mol. The Kier molecular flexibility index (Phi) is 8.11. The van der Waals surface area contributed by atoms with Gasteiger partial charge in [-0.15, -0.1) is 0 Å². The molecule has 0 spiro atoms. The van der Waals surface area contributed by atoms with Gasteiger partial charge in [-0.25, -0.2) is 9.59 Å². The molecule has 0 radical (unpaired) electrons. The van der Waals surface area contributed by atoms with Gasteiger partial charge in [-0.2, -0.15) is 0 Å². The van der Waals surface area contributed by atoms with Gasteiger partial charge in [0.1, 0.15) is 17.7 Å². The van der Waals surface area contributed by atoms with E-state index >= 15 is 0 Å². The Morgan fingerprint density at radius 2 is 1.84 bits per heavy atom. The number of rotatable bonds is 3. The molecule has 4 rings (SSSR count). The molecule has 1 fully saturated rings. The van der Waals surface area contributed by atoms with Crippen LogP contribution >= 0.6 is 0 Å². The number of ether oxygens (including phenoxy) is 2. The van der Waals surface area contributed by atoms with Crippen LogP contribution in [0.5, 0.6) is 0 Å². The summed E-state index contributed by atoms with van der Waals surface area (Å²) in [5, 5.41) is 12.8. The number of fused-ring (bicyclic) bond motifs is 5. The van der Waals surface area contributed by atoms with Gasteiger partial charge in [0, 0.05) is 13.5 Å². The minimum atomic E-state index is -1.11. The molecule has 0 aliphatic carbocycles. The summed E-state index contributed by atoms with van der Waals surface area (Å²) < 4.78 is 11.4. The molecule has 8 nitrogen and oxygen atoms in total. The van der Waals surface area contributed by atoms with Crippen molar-refractivity contribution in [1.82, 2.24) is 10.2 Å². The number of nitrogens with zero attached hydrogens (tertiary/aromatic N) is 1. The monoisotopic (exact) mass is 522 g/mol. The van der Waals surface area contributed by atoms with Gasteiger partial charge in [-0.05, 0) is 53.4 Å². The highest BCUT2D eigenvalue weighted by atomic mass is 16.5. The normalized spacial score (nSPS) is 25.0. The van der Waals surface area contributed by atoms with Crippen LogP contribution < -0.4 is 5.32 Å². The second-order valence-corrected chi connectivity index (χ2v) is 11.4. The lowest BCUT2D eigenvalue weighted by molar-refractivity contribution is -0.150. The summed E-state index contributed by atoms with van der Waals surface area (Å²) in [4.78, 5) is 40.2. The predicted molar refractivity (Wildman–Crippen MR) is 144 cm³/mol. The minimum absolute atomic E-state index is 0.0622. The number of cyclic esters (lactones) is 1. The third-order valence-electron chi connectivity index (χ3n) is 7.70. The third kappa shape index (κ3) is 5.70. The van der Waals surface area contributed by atoms with Crippen molar-refractivity contribution < 1.29 is 29.0 Å². The molecule has 2 N–H and O–H groups in total. The average molecular weight is 523 g/mol. The van der Waals surface area contributed by atoms with Gasteiger partial charge in [0.05, 0.1) is 13.2 Å². The maximum Gasteiger partial charge on any atom is 0.407 e. The first-order chi connectivity index (χ1) is 18.1. The van der Waals surface area contributed by atoms with E-state index in [1.54, 1.807) is 7.11 Å². The van der Waals surface area contributed by atoms with E-state index in [-0.39, 0.29) is 19.6 Å². The van der Waals surface area contributed by atoms with E-state index in [2.05, 4.69) is 29.6 Å². The zero-order valence-electron chi connectivity index (χ0n) is 22.7. The van der Waals surface area contributed by atoms with Gasteiger partial charge in [0.2, 0.25) is 5.91 Å². The molecule has 0 saturated carbocycles. The number of carboxylic acid groups (broad SMARTS) is 1. The van der Waals surface area contributed by atoms with Crippen LogP contribution in [0.25, 0.3) is 11.1 Å². The highest BCUT2D eigenvalue weighted by molar-refractivity contribution is 5.90. The average Bonchev–Trinajstić information content (AvgIpc) is 3.30. The number of benzene rings is 2. The summed E-state index contributed by atoms with van der Waals surface area (Å²) in [7, 11) is 1.56. The van der Waals surface area contributed by atoms with E-state index in [1.165, 1.54) is 4.90 Å². The van der Waals surface area contributed by atoms with Crippen LogP contribution in [0.15, 0.2) is 48.5 Å². The highest BCUT2D eigenvalue weighted by Gasteiger charge is 2.52. The molecule has 3 atom stereocenters. The number of hydrogen-bond acceptors (Lipinski definition) is 5. The van der Waals surface area contributed by atoms with Crippen LogP contribution in [0.1, 0.15) is 57.6 Å². The predicted octanol–water partition coefficient (Wildman–Crippen LogP) is 4.75. The van der Waals surface area contributed by atoms with Crippen LogP contribution in [0.3, 0.4) is 0 Å². The fourth-order valence-electron chi connectivity index (χ4n) is 5.52. The molecule has 2 amide bonds. The van der Waals surface area contributed by atoms with Crippen LogP contribution in [0, 0.1) is 5.41 Å². The molecule has 1 saturated heterocycles. The third-order valence-corrected chi connectivity index (χ3v) is 7.70. The van der Waals surface area contributed by atoms with Crippen molar-refractivity contribution in [3.8, 4) is 11.1 Å². The number of methoxy groups -OCH3 is 1. The van der Waals surface area contributed by atoms with Gasteiger partial charge in [0.25, 0.3) is 0 Å². The molecule has 2 aromatic carbocycles. The number of amides is 2. The molecule has 2 aromatic rings. The summed E-state index contributed by atoms with van der Waals surface area (Å²) in [6, 6.07) is 14.3. The van der Waals surface area contributed by atoms with E-state index in [0.717, 1.165) is 41.5 Å². The zero-order valence-corrected chi connectivity index (χ0v) is 22.7. The Morgan fingerprint density at radius 1 is 1.11 bits per heavy atom. The molecule has 2 aliphatic rings. The second kappa shape index (κ2) is 11.2. The van der Waals surface area contributed by atoms with Gasteiger partial charge in [-0.3, -0.25) is 4.79 Å². The van der Waals surface area contributed by atoms with E-state index < -0.39 is 41.1 Å². The van der Waals surface area contributed by atoms with Crippen LogP contribution in [-0.4, -0.2) is 60.3 Å². The number of aliphatic carboxylic acids is 1. The lowest BCUT2D eigenvalue weighted by atomic mass is 9.85. The van der Waals surface area contributed by atoms with E-state index in [1.807, 2.05) is 45.0 Å². The molecule has 38 heavy (non-hydrogen) atoms. The topological polar surface area (TPSA) is 105 Å². The maximum atomic E-state index is 13.9. The molecule has 2 aliphatic heterocycles. The summed E-state index contributed by atoms with van der Waals surface area (Å²) >= 11 is 0. The number of carbonyl (C=O) groups is 3. The number of nitrogens with one attached hydrogen (secondary N) is 1. The largest absolute Gasteiger partial charge is 0.480 e. The van der Waals surface area contributed by atoms with Crippen molar-refractivity contribution in [1.29, 1.82) is 0 Å². The van der Waals surface area contributed by atoms with Crippen molar-refractivity contribution in [2.45, 2.75) is 70.6 Å². The second-order valence-electron chi connectivity index (χ2n) is 11.4. The van der Waals surface area contributed by atoms with E-state index in [4.69, 9.17) is 9.47 Å². The standard InChI is InChI=1S/C30H38N2O6/c1-29(2,3)25-26(33)32-19-30(37-4,18-24(32)27(34)35)22-14-15-23(20-11-7-5-8-12-20)21(17-22)13-9-6-10-16-38-28(36)31-25/h5,7-8,11-12,14-15,17,24-25H,6,9-10,13,16,18-19H2,1-4H3,(H,31,36)(H,34,35)/t24-,25+,30-/m0/s1. The van der Waals surface area contributed by atoms with Crippen molar-refractivity contribution in [2.75, 3.05) is 20.3 Å². The number of carbonyl (C=O) groups excluding carboxylic acids is 2. The molecule has 0 unspecified atom stereocenters. The first kappa shape index (κ1) is 27.6. The van der Waals surface area contributed by atoms with Crippen molar-refractivity contribution in [3.63, 3.8) is 0 Å². The molecule has 2 heterocycles. The van der Waals surface area contributed by atoms with E-state index in [9.17, 15) is 19.5 Å². The maximum absolute atomic E-state index is 13.9. The molecule has 8 heteroatoms. The van der Waals surface area contributed by atoms with Crippen LogP contribution in [-0.2, 0) is 31.1 Å². The molecular formula is C30H38N2O6. The summed E-state index contributed by atoms with van der Waals surface area (Å²) in [6.07, 6.45) is 2.72. The summed E-state index contributed by atoms with van der Waals surface area (Å²) in [5.41, 5.74) is 2.54. The van der Waals surface area contributed by atoms with Crippen molar-refractivity contribution >= 4 is 18.0 Å². The Balaban J connectivity index is 1.81. The number of carboxylic acids is 1. The quantitative estimate of drug-likeness (QED) is 0.603. The SMILES string of the molecule is CO[C@@]12C[C@@H](C(=O)O)N(C1)C(=O)[C@H](C(C)(C)C)NC(=O)OCCCCCc1cc2ccc1-c1ccccc1. The first-order valence-corrected chi connectivity index (χ1v) is 13.3. The summed E-state index contributed by atoms with van der Waals surface area (Å²) in [6.45, 7) is 5.80. The minimum Gasteiger partial charge on any atom is -0.480 e. The summed E-state index contributed by atoms with van der Waals surface area (Å²) in [5.74, 6) is -1.57. The molecule has 204 valence electrons. The lowest BCUT2D eigenvalue weighted by Crippen LogP contribution is -2.57. The number of alkyl carbamates (subject to hydrolysis) is 1. The van der Waals surface area contributed by atoms with Gasteiger partial charge < -0.3 is 24.8 Å². The van der Waals surface area contributed by atoms with Crippen LogP contribution in [0.2, 0.25) is 0 Å².